The molecule has 2 aromatic rings. The molecule has 1 aliphatic rings. The van der Waals surface area contributed by atoms with Gasteiger partial charge in [0.05, 0.1) is 23.4 Å². The third kappa shape index (κ3) is 2.41. The maximum atomic E-state index is 6.22. The van der Waals surface area contributed by atoms with Crippen LogP contribution in [0.25, 0.3) is 0 Å². The second-order valence-electron chi connectivity index (χ2n) is 4.68. The van der Waals surface area contributed by atoms with Gasteiger partial charge in [-0.3, -0.25) is 0 Å². The maximum Gasteiger partial charge on any atom is 0.119 e. The minimum atomic E-state index is 0.273. The van der Waals surface area contributed by atoms with Crippen LogP contribution in [0.4, 0.5) is 5.69 Å². The van der Waals surface area contributed by atoms with Crippen LogP contribution in [-0.2, 0) is 6.42 Å². The highest BCUT2D eigenvalue weighted by molar-refractivity contribution is 6.33. The molecule has 2 nitrogen and oxygen atoms in total. The molecular weight excluding hydrogens is 258 g/mol. The molecule has 3 heteroatoms. The second-order valence-corrected chi connectivity index (χ2v) is 5.09. The van der Waals surface area contributed by atoms with Gasteiger partial charge in [-0.1, -0.05) is 35.9 Å². The maximum absolute atomic E-state index is 6.22. The van der Waals surface area contributed by atoms with Crippen LogP contribution in [-0.4, -0.2) is 6.61 Å². The number of fused-ring (bicyclic) bond motifs is 1. The van der Waals surface area contributed by atoms with E-state index in [0.29, 0.717) is 6.61 Å². The van der Waals surface area contributed by atoms with Crippen molar-refractivity contribution < 1.29 is 4.74 Å². The van der Waals surface area contributed by atoms with Crippen LogP contribution >= 0.6 is 11.6 Å². The topological polar surface area (TPSA) is 21.3 Å². The molecule has 0 amide bonds. The fourth-order valence-electron chi connectivity index (χ4n) is 2.53. The molecule has 0 saturated heterocycles. The Balaban J connectivity index is 1.86. The molecule has 1 atom stereocenters. The summed E-state index contributed by atoms with van der Waals surface area (Å²) >= 11 is 6.22. The number of anilines is 1. The average Bonchev–Trinajstić information content (AvgIpc) is 2.85. The van der Waals surface area contributed by atoms with Gasteiger partial charge >= 0.3 is 0 Å². The van der Waals surface area contributed by atoms with E-state index in [1.807, 2.05) is 31.2 Å². The molecular formula is C16H16ClNO. The lowest BCUT2D eigenvalue weighted by atomic mass is 10.0. The summed E-state index contributed by atoms with van der Waals surface area (Å²) < 4.78 is 5.55. The van der Waals surface area contributed by atoms with Gasteiger partial charge in [-0.15, -0.1) is 0 Å². The zero-order valence-electron chi connectivity index (χ0n) is 10.8. The van der Waals surface area contributed by atoms with Crippen molar-refractivity contribution in [3.05, 3.63) is 58.6 Å². The number of benzene rings is 2. The lowest BCUT2D eigenvalue weighted by Gasteiger charge is -2.13. The average molecular weight is 274 g/mol. The van der Waals surface area contributed by atoms with Crippen LogP contribution in [0.2, 0.25) is 5.02 Å². The molecule has 98 valence electrons. The SMILES string of the molecule is CCOc1cccc(C2Cc3cccc(Cl)c3N2)c1. The number of nitrogens with one attached hydrogen (secondary N) is 1. The Labute approximate surface area is 118 Å². The van der Waals surface area contributed by atoms with E-state index in [0.717, 1.165) is 22.9 Å². The molecule has 1 unspecified atom stereocenters. The highest BCUT2D eigenvalue weighted by atomic mass is 35.5. The van der Waals surface area contributed by atoms with Gasteiger partial charge < -0.3 is 10.1 Å². The van der Waals surface area contributed by atoms with Crippen molar-refractivity contribution in [2.24, 2.45) is 0 Å². The van der Waals surface area contributed by atoms with Gasteiger partial charge in [-0.25, -0.2) is 0 Å². The molecule has 0 saturated carbocycles. The van der Waals surface area contributed by atoms with Crippen molar-refractivity contribution in [3.63, 3.8) is 0 Å². The van der Waals surface area contributed by atoms with Gasteiger partial charge in [0.25, 0.3) is 0 Å². The zero-order chi connectivity index (χ0) is 13.2. The summed E-state index contributed by atoms with van der Waals surface area (Å²) in [5.74, 6) is 0.920. The monoisotopic (exact) mass is 273 g/mol. The molecule has 3 rings (SSSR count). The van der Waals surface area contributed by atoms with Gasteiger partial charge in [0.15, 0.2) is 0 Å². The Bertz CT molecular complexity index is 597. The van der Waals surface area contributed by atoms with E-state index in [9.17, 15) is 0 Å². The molecule has 0 fully saturated rings. The molecule has 0 spiro atoms. The Morgan fingerprint density at radius 3 is 2.89 bits per heavy atom. The van der Waals surface area contributed by atoms with E-state index < -0.39 is 0 Å². The third-order valence-corrected chi connectivity index (χ3v) is 3.73. The summed E-state index contributed by atoms with van der Waals surface area (Å²) in [6.07, 6.45) is 0.964. The number of ether oxygens (including phenoxy) is 1. The van der Waals surface area contributed by atoms with Crippen molar-refractivity contribution >= 4 is 17.3 Å². The first-order valence-corrected chi connectivity index (χ1v) is 6.92. The van der Waals surface area contributed by atoms with Gasteiger partial charge in [0.1, 0.15) is 5.75 Å². The van der Waals surface area contributed by atoms with E-state index in [4.69, 9.17) is 16.3 Å². The van der Waals surface area contributed by atoms with Gasteiger partial charge in [-0.05, 0) is 42.7 Å². The minimum Gasteiger partial charge on any atom is -0.494 e. The zero-order valence-corrected chi connectivity index (χ0v) is 11.6. The van der Waals surface area contributed by atoms with Crippen LogP contribution in [0.15, 0.2) is 42.5 Å². The summed E-state index contributed by atoms with van der Waals surface area (Å²) in [6.45, 7) is 2.68. The largest absolute Gasteiger partial charge is 0.494 e. The van der Waals surface area contributed by atoms with Gasteiger partial charge in [0, 0.05) is 0 Å². The van der Waals surface area contributed by atoms with Crippen LogP contribution in [0.3, 0.4) is 0 Å². The number of rotatable bonds is 3. The first-order valence-electron chi connectivity index (χ1n) is 6.54. The van der Waals surface area contributed by atoms with Crippen molar-refractivity contribution in [2.75, 3.05) is 11.9 Å². The number of hydrogen-bond acceptors (Lipinski definition) is 2. The molecule has 0 bridgehead atoms. The van der Waals surface area contributed by atoms with E-state index in [1.165, 1.54) is 11.1 Å². The fourth-order valence-corrected chi connectivity index (χ4v) is 2.78. The molecule has 1 N–H and O–H groups in total. The Hall–Kier alpha value is -1.67. The van der Waals surface area contributed by atoms with Crippen molar-refractivity contribution in [1.29, 1.82) is 0 Å². The van der Waals surface area contributed by atoms with Crippen LogP contribution in [0.1, 0.15) is 24.1 Å². The van der Waals surface area contributed by atoms with E-state index in [1.54, 1.807) is 0 Å². The molecule has 0 aromatic heterocycles. The standard InChI is InChI=1S/C16H16ClNO/c1-2-19-13-7-3-5-11(9-13)15-10-12-6-4-8-14(17)16(12)18-15/h3-9,15,18H,2,10H2,1H3. The lowest BCUT2D eigenvalue weighted by Crippen LogP contribution is -2.06. The van der Waals surface area contributed by atoms with Crippen molar-refractivity contribution in [3.8, 4) is 5.75 Å². The van der Waals surface area contributed by atoms with Gasteiger partial charge in [0.2, 0.25) is 0 Å². The summed E-state index contributed by atoms with van der Waals surface area (Å²) in [5.41, 5.74) is 3.58. The quantitative estimate of drug-likeness (QED) is 0.892. The summed E-state index contributed by atoms with van der Waals surface area (Å²) in [4.78, 5) is 0. The molecule has 0 radical (unpaired) electrons. The van der Waals surface area contributed by atoms with E-state index in [2.05, 4.69) is 23.5 Å². The van der Waals surface area contributed by atoms with Crippen LogP contribution in [0.5, 0.6) is 5.75 Å². The Morgan fingerprint density at radius 1 is 1.26 bits per heavy atom. The molecule has 1 heterocycles. The first-order chi connectivity index (χ1) is 9.28. The summed E-state index contributed by atoms with van der Waals surface area (Å²) in [5, 5.41) is 4.29. The number of halogens is 1. The Kier molecular flexibility index (Phi) is 3.34. The third-order valence-electron chi connectivity index (χ3n) is 3.41. The lowest BCUT2D eigenvalue weighted by molar-refractivity contribution is 0.339. The summed E-state index contributed by atoms with van der Waals surface area (Å²) in [6, 6.07) is 14.6. The first kappa shape index (κ1) is 12.4. The van der Waals surface area contributed by atoms with E-state index in [-0.39, 0.29) is 6.04 Å². The van der Waals surface area contributed by atoms with E-state index >= 15 is 0 Å². The Morgan fingerprint density at radius 2 is 2.11 bits per heavy atom. The van der Waals surface area contributed by atoms with Crippen LogP contribution < -0.4 is 10.1 Å². The molecule has 1 aliphatic heterocycles. The predicted molar refractivity (Wildman–Crippen MR) is 79.1 cm³/mol. The minimum absolute atomic E-state index is 0.273. The molecule has 19 heavy (non-hydrogen) atoms. The van der Waals surface area contributed by atoms with Crippen molar-refractivity contribution in [1.82, 2.24) is 0 Å². The smallest absolute Gasteiger partial charge is 0.119 e. The van der Waals surface area contributed by atoms with Gasteiger partial charge in [-0.2, -0.15) is 0 Å². The number of hydrogen-bond donors (Lipinski definition) is 1. The van der Waals surface area contributed by atoms with Crippen LogP contribution in [0, 0.1) is 0 Å². The highest BCUT2D eigenvalue weighted by Gasteiger charge is 2.23. The highest BCUT2D eigenvalue weighted by Crippen LogP contribution is 2.39. The molecule has 2 aromatic carbocycles. The normalized spacial score (nSPS) is 16.8. The summed E-state index contributed by atoms with van der Waals surface area (Å²) in [7, 11) is 0. The molecule has 0 aliphatic carbocycles. The predicted octanol–water partition coefficient (Wildman–Crippen LogP) is 4.45. The number of para-hydroxylation sites is 1. The van der Waals surface area contributed by atoms with Crippen molar-refractivity contribution in [2.45, 2.75) is 19.4 Å². The fraction of sp³-hybridized carbons (Fsp3) is 0.250. The second kappa shape index (κ2) is 5.14.